The minimum Gasteiger partial charge on any atom is -0.191 e. The number of rotatable bonds is 2. The zero-order chi connectivity index (χ0) is 9.44. The maximum atomic E-state index is 12.1. The molecule has 0 saturated heterocycles. The highest BCUT2D eigenvalue weighted by Crippen LogP contribution is 2.00. The van der Waals surface area contributed by atoms with Gasteiger partial charge < -0.3 is 0 Å². The fourth-order valence-electron chi connectivity index (χ4n) is 0.202. The van der Waals surface area contributed by atoms with Gasteiger partial charge in [0, 0.05) is 0 Å². The molecule has 0 aliphatic carbocycles. The highest BCUT2D eigenvalue weighted by Gasteiger charge is 1.95. The molecule has 0 atom stereocenters. The van der Waals surface area contributed by atoms with Crippen molar-refractivity contribution < 1.29 is 8.78 Å². The Morgan fingerprint density at radius 1 is 1.18 bits per heavy atom. The molecule has 0 heterocycles. The first-order chi connectivity index (χ1) is 5.04. The van der Waals surface area contributed by atoms with Crippen LogP contribution in [0, 0.1) is 0 Å². The Morgan fingerprint density at radius 3 is 1.64 bits per heavy atom. The Morgan fingerprint density at radius 2 is 1.55 bits per heavy atom. The number of halogens is 2. The molecule has 11 heavy (non-hydrogen) atoms. The van der Waals surface area contributed by atoms with Crippen LogP contribution in [0.2, 0.25) is 0 Å². The smallest absolute Gasteiger partial charge is 0.191 e. The third-order valence-corrected chi connectivity index (χ3v) is 0.572. The summed E-state index contributed by atoms with van der Waals surface area (Å²) in [7, 11) is 0. The monoisotopic (exact) mass is 161 g/mol. The quantitative estimate of drug-likeness (QED) is 0.434. The Bertz CT molecular complexity index is 171. The van der Waals surface area contributed by atoms with Crippen LogP contribution in [0.3, 0.4) is 0 Å². The lowest BCUT2D eigenvalue weighted by atomic mass is 10.4. The van der Waals surface area contributed by atoms with Gasteiger partial charge in [-0.05, 0) is 19.1 Å². The van der Waals surface area contributed by atoms with Crippen LogP contribution < -0.4 is 0 Å². The molecular formula is C8H13F2N. The number of allylic oxidation sites excluding steroid dienone is 1. The van der Waals surface area contributed by atoms with E-state index in [-0.39, 0.29) is 5.57 Å². The molecule has 1 nitrogen and oxygen atoms in total. The van der Waals surface area contributed by atoms with Crippen LogP contribution in [0.5, 0.6) is 0 Å². The third-order valence-electron chi connectivity index (χ3n) is 0.572. The maximum Gasteiger partial charge on any atom is 0.217 e. The van der Waals surface area contributed by atoms with E-state index in [2.05, 4.69) is 18.2 Å². The molecule has 0 aromatic heterocycles. The molecule has 0 rings (SSSR count). The third kappa shape index (κ3) is 9.01. The lowest BCUT2D eigenvalue weighted by molar-refractivity contribution is 0.625. The molecule has 0 unspecified atom stereocenters. The van der Waals surface area contributed by atoms with Crippen LogP contribution in [0.4, 0.5) is 8.78 Å². The SMILES string of the molecule is C=C(F)/N=C(/F)C(=C)C.CC. The molecule has 0 fully saturated rings. The van der Waals surface area contributed by atoms with Crippen molar-refractivity contribution in [3.8, 4) is 0 Å². The molecular weight excluding hydrogens is 148 g/mol. The number of hydrogen-bond donors (Lipinski definition) is 0. The number of aliphatic imine (C=N–C) groups is 1. The predicted octanol–water partition coefficient (Wildman–Crippen LogP) is 3.40. The minimum atomic E-state index is -1.05. The summed E-state index contributed by atoms with van der Waals surface area (Å²) < 4.78 is 23.8. The van der Waals surface area contributed by atoms with Gasteiger partial charge in [0.2, 0.25) is 11.9 Å². The molecule has 0 saturated carbocycles. The van der Waals surface area contributed by atoms with E-state index < -0.39 is 11.9 Å². The fraction of sp³-hybridized carbons (Fsp3) is 0.375. The number of nitrogens with zero attached hydrogens (tertiary/aromatic N) is 1. The van der Waals surface area contributed by atoms with Gasteiger partial charge in [-0.3, -0.25) is 0 Å². The van der Waals surface area contributed by atoms with Crippen LogP contribution in [-0.2, 0) is 0 Å². The molecule has 0 amide bonds. The second-order valence-corrected chi connectivity index (χ2v) is 1.56. The summed E-state index contributed by atoms with van der Waals surface area (Å²) in [4.78, 5) is 2.77. The Labute approximate surface area is 66.1 Å². The van der Waals surface area contributed by atoms with E-state index in [4.69, 9.17) is 0 Å². The van der Waals surface area contributed by atoms with Gasteiger partial charge in [0.15, 0.2) is 0 Å². The van der Waals surface area contributed by atoms with Crippen LogP contribution in [0.1, 0.15) is 20.8 Å². The normalized spacial score (nSPS) is 9.73. The minimum absolute atomic E-state index is 0.0915. The van der Waals surface area contributed by atoms with E-state index in [1.54, 1.807) is 0 Å². The van der Waals surface area contributed by atoms with Crippen LogP contribution in [0.25, 0.3) is 0 Å². The lowest BCUT2D eigenvalue weighted by Crippen LogP contribution is -1.87. The van der Waals surface area contributed by atoms with Crippen molar-refractivity contribution in [3.05, 3.63) is 24.7 Å². The van der Waals surface area contributed by atoms with E-state index in [1.165, 1.54) is 6.92 Å². The van der Waals surface area contributed by atoms with Crippen molar-refractivity contribution in [2.45, 2.75) is 20.8 Å². The first kappa shape index (κ1) is 12.7. The summed E-state index contributed by atoms with van der Waals surface area (Å²) >= 11 is 0. The van der Waals surface area contributed by atoms with E-state index >= 15 is 0 Å². The summed E-state index contributed by atoms with van der Waals surface area (Å²) in [6, 6.07) is 0. The van der Waals surface area contributed by atoms with Crippen molar-refractivity contribution in [1.29, 1.82) is 0 Å². The van der Waals surface area contributed by atoms with Crippen molar-refractivity contribution in [3.63, 3.8) is 0 Å². The molecule has 0 bridgehead atoms. The van der Waals surface area contributed by atoms with Gasteiger partial charge in [0.05, 0.1) is 0 Å². The van der Waals surface area contributed by atoms with E-state index in [1.807, 2.05) is 13.8 Å². The van der Waals surface area contributed by atoms with E-state index in [0.717, 1.165) is 0 Å². The highest BCUT2D eigenvalue weighted by molar-refractivity contribution is 5.91. The average molecular weight is 161 g/mol. The van der Waals surface area contributed by atoms with Gasteiger partial charge in [-0.25, -0.2) is 0 Å². The average Bonchev–Trinajstić information content (AvgIpc) is 1.90. The Balaban J connectivity index is 0. The zero-order valence-electron chi connectivity index (χ0n) is 7.12. The summed E-state index contributed by atoms with van der Waals surface area (Å²) in [6.07, 6.45) is 0. The molecule has 0 N–H and O–H groups in total. The second kappa shape index (κ2) is 7.12. The van der Waals surface area contributed by atoms with Gasteiger partial charge in [-0.1, -0.05) is 20.4 Å². The van der Waals surface area contributed by atoms with Gasteiger partial charge >= 0.3 is 0 Å². The van der Waals surface area contributed by atoms with Crippen molar-refractivity contribution in [2.75, 3.05) is 0 Å². The van der Waals surface area contributed by atoms with Crippen molar-refractivity contribution in [2.24, 2.45) is 4.99 Å². The Kier molecular flexibility index (Phi) is 8.20. The van der Waals surface area contributed by atoms with E-state index in [9.17, 15) is 8.78 Å². The Hall–Kier alpha value is -0.990. The standard InChI is InChI=1S/C6H7F2N.C2H6/c1-4(2)6(8)9-5(3)7;1-2/h1,3H2,2H3;1-2H3/b9-6+;. The topological polar surface area (TPSA) is 12.4 Å². The molecule has 0 aromatic rings. The van der Waals surface area contributed by atoms with Crippen LogP contribution >= 0.6 is 0 Å². The molecule has 0 spiro atoms. The molecule has 3 heteroatoms. The first-order valence-corrected chi connectivity index (χ1v) is 3.28. The summed E-state index contributed by atoms with van der Waals surface area (Å²) in [5.74, 6) is -1.96. The molecule has 0 radical (unpaired) electrons. The van der Waals surface area contributed by atoms with Crippen LogP contribution in [-0.4, -0.2) is 5.97 Å². The predicted molar refractivity (Wildman–Crippen MR) is 45.0 cm³/mol. The lowest BCUT2D eigenvalue weighted by Gasteiger charge is -1.88. The van der Waals surface area contributed by atoms with Gasteiger partial charge in [-0.15, -0.1) is 0 Å². The number of hydrogen-bond acceptors (Lipinski definition) is 1. The molecule has 0 aliphatic rings. The van der Waals surface area contributed by atoms with Gasteiger partial charge in [0.25, 0.3) is 0 Å². The fourth-order valence-corrected chi connectivity index (χ4v) is 0.202. The zero-order valence-corrected chi connectivity index (χ0v) is 7.12. The van der Waals surface area contributed by atoms with Gasteiger partial charge in [0.1, 0.15) is 0 Å². The summed E-state index contributed by atoms with van der Waals surface area (Å²) in [6.45, 7) is 11.3. The molecule has 64 valence electrons. The summed E-state index contributed by atoms with van der Waals surface area (Å²) in [5.41, 5.74) is 0.0915. The van der Waals surface area contributed by atoms with Gasteiger partial charge in [-0.2, -0.15) is 13.8 Å². The van der Waals surface area contributed by atoms with Crippen molar-refractivity contribution >= 4 is 5.97 Å². The molecule has 0 aromatic carbocycles. The van der Waals surface area contributed by atoms with E-state index in [0.29, 0.717) is 0 Å². The maximum absolute atomic E-state index is 12.1. The summed E-state index contributed by atoms with van der Waals surface area (Å²) in [5, 5.41) is 0. The molecule has 0 aliphatic heterocycles. The second-order valence-electron chi connectivity index (χ2n) is 1.56. The van der Waals surface area contributed by atoms with Crippen molar-refractivity contribution in [1.82, 2.24) is 0 Å². The largest absolute Gasteiger partial charge is 0.217 e. The first-order valence-electron chi connectivity index (χ1n) is 3.28. The van der Waals surface area contributed by atoms with Crippen LogP contribution in [0.15, 0.2) is 29.7 Å². The highest BCUT2D eigenvalue weighted by atomic mass is 19.1.